The molecule has 0 saturated carbocycles. The van der Waals surface area contributed by atoms with E-state index in [9.17, 15) is 0 Å². The van der Waals surface area contributed by atoms with Crippen LogP contribution in [0.1, 0.15) is 0 Å². The third kappa shape index (κ3) is 5.76. The van der Waals surface area contributed by atoms with Crippen LogP contribution in [0.15, 0.2) is 205 Å². The number of anilines is 3. The van der Waals surface area contributed by atoms with Crippen molar-refractivity contribution in [2.75, 3.05) is 4.90 Å². The van der Waals surface area contributed by atoms with Crippen LogP contribution >= 0.6 is 0 Å². The van der Waals surface area contributed by atoms with Gasteiger partial charge in [-0.05, 0) is 88.6 Å². The number of para-hydroxylation sites is 2. The van der Waals surface area contributed by atoms with Crippen LogP contribution in [-0.2, 0) is 0 Å². The van der Waals surface area contributed by atoms with Gasteiger partial charge in [0.2, 0.25) is 0 Å². The fourth-order valence-electron chi connectivity index (χ4n) is 7.43. The minimum atomic E-state index is 0.677. The third-order valence-electron chi connectivity index (χ3n) is 10.0. The van der Waals surface area contributed by atoms with Gasteiger partial charge in [-0.15, -0.1) is 0 Å². The van der Waals surface area contributed by atoms with E-state index in [0.29, 0.717) is 5.82 Å². The molecule has 2 aromatic heterocycles. The van der Waals surface area contributed by atoms with Crippen molar-refractivity contribution in [1.82, 2.24) is 9.97 Å². The Bertz CT molecular complexity index is 2810. The number of aromatic nitrogens is 2. The van der Waals surface area contributed by atoms with Gasteiger partial charge in [-0.25, -0.2) is 9.97 Å². The molecule has 0 saturated heterocycles. The van der Waals surface area contributed by atoms with Crippen molar-refractivity contribution in [3.05, 3.63) is 200 Å². The minimum absolute atomic E-state index is 0.677. The zero-order valence-corrected chi connectivity index (χ0v) is 29.3. The second kappa shape index (κ2) is 13.4. The molecule has 0 bridgehead atoms. The Morgan fingerprint density at radius 1 is 0.370 bits per heavy atom. The molecule has 0 spiro atoms. The van der Waals surface area contributed by atoms with E-state index in [2.05, 4.69) is 169 Å². The van der Waals surface area contributed by atoms with Gasteiger partial charge < -0.3 is 9.32 Å². The molecule has 10 rings (SSSR count). The molecule has 0 fully saturated rings. The summed E-state index contributed by atoms with van der Waals surface area (Å²) in [6.45, 7) is 0. The number of rotatable bonds is 7. The number of nitrogens with zero attached hydrogens (tertiary/aromatic N) is 3. The fourth-order valence-corrected chi connectivity index (χ4v) is 7.43. The molecule has 0 aliphatic rings. The highest BCUT2D eigenvalue weighted by atomic mass is 16.3. The summed E-state index contributed by atoms with van der Waals surface area (Å²) in [5, 5.41) is 4.49. The topological polar surface area (TPSA) is 42.2 Å². The van der Waals surface area contributed by atoms with Crippen molar-refractivity contribution in [2.45, 2.75) is 0 Å². The molecular formula is C50H33N3O. The summed E-state index contributed by atoms with van der Waals surface area (Å²) in [5.74, 6) is 0.677. The molecule has 54 heavy (non-hydrogen) atoms. The molecule has 2 heterocycles. The standard InChI is InChI=1S/C50H33N3O/c1-5-15-35(16-6-1)45-33-46(52-50(51-45)36-17-7-2-8-18-36)39-30-43(49-44-29-37-19-13-14-20-38(37)31-47(44)54-48(49)32-39)34-25-27-42(28-26-34)53(40-21-9-3-10-22-40)41-23-11-4-12-24-41/h1-33H. The van der Waals surface area contributed by atoms with Crippen molar-refractivity contribution in [1.29, 1.82) is 0 Å². The molecule has 4 nitrogen and oxygen atoms in total. The van der Waals surface area contributed by atoms with Crippen LogP contribution in [0.3, 0.4) is 0 Å². The van der Waals surface area contributed by atoms with Gasteiger partial charge in [0.1, 0.15) is 11.2 Å². The molecule has 0 N–H and O–H groups in total. The molecule has 0 amide bonds. The lowest BCUT2D eigenvalue weighted by molar-refractivity contribution is 0.669. The normalized spacial score (nSPS) is 11.3. The van der Waals surface area contributed by atoms with Crippen molar-refractivity contribution < 1.29 is 4.42 Å². The highest BCUT2D eigenvalue weighted by Crippen LogP contribution is 2.43. The second-order valence-corrected chi connectivity index (χ2v) is 13.4. The van der Waals surface area contributed by atoms with Crippen LogP contribution in [0.4, 0.5) is 17.1 Å². The quantitative estimate of drug-likeness (QED) is 0.167. The number of fused-ring (bicyclic) bond motifs is 4. The molecule has 0 atom stereocenters. The molecule has 0 radical (unpaired) electrons. The van der Waals surface area contributed by atoms with Crippen LogP contribution in [0, 0.1) is 0 Å². The zero-order valence-electron chi connectivity index (χ0n) is 29.3. The lowest BCUT2D eigenvalue weighted by Crippen LogP contribution is -2.09. The first-order valence-corrected chi connectivity index (χ1v) is 18.2. The van der Waals surface area contributed by atoms with Gasteiger partial charge in [0.25, 0.3) is 0 Å². The Morgan fingerprint density at radius 2 is 0.889 bits per heavy atom. The first-order chi connectivity index (χ1) is 26.7. The highest BCUT2D eigenvalue weighted by molar-refractivity contribution is 6.16. The van der Waals surface area contributed by atoms with Gasteiger partial charge in [0.05, 0.1) is 11.4 Å². The molecule has 254 valence electrons. The summed E-state index contributed by atoms with van der Waals surface area (Å²) >= 11 is 0. The highest BCUT2D eigenvalue weighted by Gasteiger charge is 2.19. The van der Waals surface area contributed by atoms with E-state index in [4.69, 9.17) is 14.4 Å². The predicted octanol–water partition coefficient (Wildman–Crippen LogP) is 13.7. The lowest BCUT2D eigenvalue weighted by Gasteiger charge is -2.25. The summed E-state index contributed by atoms with van der Waals surface area (Å²) in [6, 6.07) is 69.7. The number of furan rings is 1. The molecule has 0 aliphatic carbocycles. The first kappa shape index (κ1) is 31.4. The fraction of sp³-hybridized carbons (Fsp3) is 0. The number of hydrogen-bond acceptors (Lipinski definition) is 4. The van der Waals surface area contributed by atoms with E-state index in [1.165, 1.54) is 5.39 Å². The van der Waals surface area contributed by atoms with Crippen LogP contribution < -0.4 is 4.90 Å². The monoisotopic (exact) mass is 691 g/mol. The molecule has 0 unspecified atom stereocenters. The average molecular weight is 692 g/mol. The van der Waals surface area contributed by atoms with E-state index in [1.54, 1.807) is 0 Å². The van der Waals surface area contributed by atoms with Crippen LogP contribution in [0.25, 0.3) is 77.7 Å². The average Bonchev–Trinajstić information content (AvgIpc) is 3.61. The van der Waals surface area contributed by atoms with Crippen molar-refractivity contribution in [3.8, 4) is 45.0 Å². The van der Waals surface area contributed by atoms with E-state index >= 15 is 0 Å². The molecule has 8 aromatic carbocycles. The molecular weight excluding hydrogens is 659 g/mol. The van der Waals surface area contributed by atoms with Gasteiger partial charge in [-0.1, -0.05) is 133 Å². The van der Waals surface area contributed by atoms with E-state index in [1.807, 2.05) is 36.4 Å². The largest absolute Gasteiger partial charge is 0.456 e. The maximum Gasteiger partial charge on any atom is 0.160 e. The van der Waals surface area contributed by atoms with Crippen molar-refractivity contribution in [2.24, 2.45) is 0 Å². The number of hydrogen-bond donors (Lipinski definition) is 0. The minimum Gasteiger partial charge on any atom is -0.456 e. The maximum absolute atomic E-state index is 6.74. The van der Waals surface area contributed by atoms with Gasteiger partial charge in [-0.3, -0.25) is 0 Å². The molecule has 10 aromatic rings. The Labute approximate surface area is 313 Å². The van der Waals surface area contributed by atoms with E-state index < -0.39 is 0 Å². The van der Waals surface area contributed by atoms with Crippen LogP contribution in [0.2, 0.25) is 0 Å². The van der Waals surface area contributed by atoms with Gasteiger partial charge >= 0.3 is 0 Å². The summed E-state index contributed by atoms with van der Waals surface area (Å²) < 4.78 is 6.74. The molecule has 0 aliphatic heterocycles. The summed E-state index contributed by atoms with van der Waals surface area (Å²) in [4.78, 5) is 12.5. The van der Waals surface area contributed by atoms with Gasteiger partial charge in [0, 0.05) is 44.5 Å². The van der Waals surface area contributed by atoms with Crippen LogP contribution in [-0.4, -0.2) is 9.97 Å². The first-order valence-electron chi connectivity index (χ1n) is 18.2. The van der Waals surface area contributed by atoms with Crippen molar-refractivity contribution in [3.63, 3.8) is 0 Å². The third-order valence-corrected chi connectivity index (χ3v) is 10.0. The lowest BCUT2D eigenvalue weighted by atomic mass is 9.94. The summed E-state index contributed by atoms with van der Waals surface area (Å²) in [7, 11) is 0. The Balaban J connectivity index is 1.19. The van der Waals surface area contributed by atoms with E-state index in [0.717, 1.165) is 83.6 Å². The van der Waals surface area contributed by atoms with Gasteiger partial charge in [0.15, 0.2) is 5.82 Å². The van der Waals surface area contributed by atoms with Crippen molar-refractivity contribution >= 4 is 49.8 Å². The SMILES string of the molecule is c1ccc(-c2cc(-c3cc(-c4ccc(N(c5ccccc5)c5ccccc5)cc4)c4c(c3)oc3cc5ccccc5cc34)nc(-c3ccccc3)n2)cc1. The summed E-state index contributed by atoms with van der Waals surface area (Å²) in [6.07, 6.45) is 0. The Morgan fingerprint density at radius 3 is 1.52 bits per heavy atom. The van der Waals surface area contributed by atoms with E-state index in [-0.39, 0.29) is 0 Å². The maximum atomic E-state index is 6.74. The predicted molar refractivity (Wildman–Crippen MR) is 223 cm³/mol. The number of benzene rings is 8. The van der Waals surface area contributed by atoms with Gasteiger partial charge in [-0.2, -0.15) is 0 Å². The Kier molecular flexibility index (Phi) is 7.77. The zero-order chi connectivity index (χ0) is 35.8. The smallest absolute Gasteiger partial charge is 0.160 e. The Hall–Kier alpha value is -7.30. The van der Waals surface area contributed by atoms with Crippen LogP contribution in [0.5, 0.6) is 0 Å². The second-order valence-electron chi connectivity index (χ2n) is 13.4. The summed E-state index contributed by atoms with van der Waals surface area (Å²) in [5.41, 5.74) is 11.7. The molecule has 4 heteroatoms.